The van der Waals surface area contributed by atoms with Crippen LogP contribution in [-0.4, -0.2) is 11.4 Å². The quantitative estimate of drug-likeness (QED) is 0.598. The molecular formula is C13H13BrF6NO-. The van der Waals surface area contributed by atoms with E-state index < -0.39 is 34.9 Å². The Balaban J connectivity index is 3.26. The Morgan fingerprint density at radius 1 is 1.09 bits per heavy atom. The van der Waals surface area contributed by atoms with Crippen molar-refractivity contribution in [2.75, 3.05) is 11.9 Å². The summed E-state index contributed by atoms with van der Waals surface area (Å²) in [6.07, 6.45) is -10.1. The monoisotopic (exact) mass is 392 g/mol. The number of hydrogen-bond acceptors (Lipinski definition) is 2. The number of anilines is 1. The third-order valence-corrected chi connectivity index (χ3v) is 4.31. The predicted octanol–water partition coefficient (Wildman–Crippen LogP) is 4.63. The van der Waals surface area contributed by atoms with E-state index >= 15 is 0 Å². The second-order valence-electron chi connectivity index (χ2n) is 5.04. The minimum absolute atomic E-state index is 0.0194. The molecule has 0 saturated carbocycles. The lowest BCUT2D eigenvalue weighted by atomic mass is 10.1. The van der Waals surface area contributed by atoms with Gasteiger partial charge in [-0.2, -0.15) is 26.3 Å². The Morgan fingerprint density at radius 2 is 1.64 bits per heavy atom. The third kappa shape index (κ3) is 4.69. The Kier molecular flexibility index (Phi) is 5.64. The molecule has 0 aliphatic rings. The lowest BCUT2D eigenvalue weighted by molar-refractivity contribution is -0.274. The van der Waals surface area contributed by atoms with Crippen molar-refractivity contribution in [3.63, 3.8) is 0 Å². The van der Waals surface area contributed by atoms with Crippen LogP contribution in [0.2, 0.25) is 0 Å². The SMILES string of the molecule is CC(C)C(Br)CNc1cc(C(F)(F)F)cc(C(F)(F)F)c1[O-]. The van der Waals surface area contributed by atoms with Crippen LogP contribution in [0.1, 0.15) is 25.0 Å². The molecule has 1 aromatic carbocycles. The Hall–Kier alpha value is -1.12. The summed E-state index contributed by atoms with van der Waals surface area (Å²) in [6, 6.07) is 0.235. The van der Waals surface area contributed by atoms with Crippen LogP contribution in [0.5, 0.6) is 5.75 Å². The molecule has 22 heavy (non-hydrogen) atoms. The van der Waals surface area contributed by atoms with Crippen LogP contribution in [0, 0.1) is 5.92 Å². The highest BCUT2D eigenvalue weighted by Crippen LogP contribution is 2.42. The Bertz CT molecular complexity index is 526. The highest BCUT2D eigenvalue weighted by Gasteiger charge is 2.37. The van der Waals surface area contributed by atoms with Gasteiger partial charge in [0.25, 0.3) is 0 Å². The summed E-state index contributed by atoms with van der Waals surface area (Å²) in [5.41, 5.74) is -4.06. The van der Waals surface area contributed by atoms with Gasteiger partial charge in [0.15, 0.2) is 0 Å². The first kappa shape index (κ1) is 18.9. The van der Waals surface area contributed by atoms with Gasteiger partial charge in [0.1, 0.15) is 0 Å². The van der Waals surface area contributed by atoms with Crippen LogP contribution in [0.15, 0.2) is 12.1 Å². The number of benzene rings is 1. The van der Waals surface area contributed by atoms with Crippen molar-refractivity contribution in [1.29, 1.82) is 0 Å². The van der Waals surface area contributed by atoms with Gasteiger partial charge in [0.2, 0.25) is 0 Å². The maximum Gasteiger partial charge on any atom is 0.416 e. The maximum absolute atomic E-state index is 12.7. The molecule has 9 heteroatoms. The van der Waals surface area contributed by atoms with E-state index in [1.807, 2.05) is 13.8 Å². The molecule has 1 aromatic rings. The van der Waals surface area contributed by atoms with E-state index in [4.69, 9.17) is 0 Å². The van der Waals surface area contributed by atoms with Crippen molar-refractivity contribution >= 4 is 21.6 Å². The van der Waals surface area contributed by atoms with Crippen LogP contribution in [-0.2, 0) is 12.4 Å². The largest absolute Gasteiger partial charge is 0.871 e. The number of nitrogens with one attached hydrogen (secondary N) is 1. The van der Waals surface area contributed by atoms with Gasteiger partial charge in [-0.25, -0.2) is 0 Å². The summed E-state index contributed by atoms with van der Waals surface area (Å²) in [5, 5.41) is 14.1. The zero-order chi connectivity index (χ0) is 17.3. The minimum Gasteiger partial charge on any atom is -0.871 e. The van der Waals surface area contributed by atoms with Crippen LogP contribution in [0.25, 0.3) is 0 Å². The van der Waals surface area contributed by atoms with Crippen molar-refractivity contribution in [2.45, 2.75) is 31.0 Å². The maximum atomic E-state index is 12.7. The normalized spacial score (nSPS) is 14.3. The molecule has 0 heterocycles. The fourth-order valence-electron chi connectivity index (χ4n) is 1.58. The Morgan fingerprint density at radius 3 is 2.05 bits per heavy atom. The first-order valence-electron chi connectivity index (χ1n) is 6.21. The number of hydrogen-bond donors (Lipinski definition) is 1. The van der Waals surface area contributed by atoms with Gasteiger partial charge < -0.3 is 10.4 Å². The van der Waals surface area contributed by atoms with Crippen molar-refractivity contribution in [3.8, 4) is 5.75 Å². The highest BCUT2D eigenvalue weighted by atomic mass is 79.9. The molecule has 1 atom stereocenters. The molecule has 0 fully saturated rings. The van der Waals surface area contributed by atoms with Crippen LogP contribution < -0.4 is 10.4 Å². The van der Waals surface area contributed by atoms with E-state index in [1.54, 1.807) is 0 Å². The number of alkyl halides is 7. The summed E-state index contributed by atoms with van der Waals surface area (Å²) >= 11 is 3.23. The molecule has 0 saturated heterocycles. The van der Waals surface area contributed by atoms with Gasteiger partial charge in [0, 0.05) is 17.1 Å². The van der Waals surface area contributed by atoms with E-state index in [2.05, 4.69) is 21.2 Å². The van der Waals surface area contributed by atoms with E-state index in [0.717, 1.165) is 0 Å². The first-order chi connectivity index (χ1) is 9.84. The van der Waals surface area contributed by atoms with Crippen molar-refractivity contribution in [2.24, 2.45) is 5.92 Å². The van der Waals surface area contributed by atoms with Crippen LogP contribution in [0.3, 0.4) is 0 Å². The van der Waals surface area contributed by atoms with Gasteiger partial charge in [-0.05, 0) is 18.1 Å². The van der Waals surface area contributed by atoms with Gasteiger partial charge >= 0.3 is 12.4 Å². The van der Waals surface area contributed by atoms with Crippen molar-refractivity contribution < 1.29 is 31.4 Å². The van der Waals surface area contributed by atoms with Crippen LogP contribution >= 0.6 is 15.9 Å². The summed E-state index contributed by atoms with van der Waals surface area (Å²) < 4.78 is 76.2. The fraction of sp³-hybridized carbons (Fsp3) is 0.538. The number of rotatable bonds is 4. The molecule has 0 spiro atoms. The third-order valence-electron chi connectivity index (χ3n) is 2.93. The minimum atomic E-state index is -5.15. The second-order valence-corrected chi connectivity index (χ2v) is 6.21. The van der Waals surface area contributed by atoms with Gasteiger partial charge in [0.05, 0.1) is 11.1 Å². The first-order valence-corrected chi connectivity index (χ1v) is 7.13. The summed E-state index contributed by atoms with van der Waals surface area (Å²) in [6.45, 7) is 3.64. The summed E-state index contributed by atoms with van der Waals surface area (Å²) in [4.78, 5) is -0.212. The molecule has 0 bridgehead atoms. The topological polar surface area (TPSA) is 35.1 Å². The molecule has 0 aromatic heterocycles. The van der Waals surface area contributed by atoms with E-state index in [9.17, 15) is 31.4 Å². The molecule has 1 N–H and O–H groups in total. The van der Waals surface area contributed by atoms with Gasteiger partial charge in [-0.15, -0.1) is 0 Å². The lowest BCUT2D eigenvalue weighted by Gasteiger charge is -2.25. The molecular weight excluding hydrogens is 380 g/mol. The second kappa shape index (κ2) is 6.55. The molecule has 2 nitrogen and oxygen atoms in total. The Labute approximate surface area is 131 Å². The average molecular weight is 393 g/mol. The van der Waals surface area contributed by atoms with Crippen LogP contribution in [0.4, 0.5) is 32.0 Å². The standard InChI is InChI=1S/C13H14BrF6NO/c1-6(2)9(14)5-21-10-4-7(12(15,16)17)3-8(11(10)22)13(18,19)20/h3-4,6,9,21-22H,5H2,1-2H3/p-1. The van der Waals surface area contributed by atoms with Crippen molar-refractivity contribution in [3.05, 3.63) is 23.3 Å². The molecule has 0 amide bonds. The smallest absolute Gasteiger partial charge is 0.416 e. The zero-order valence-electron chi connectivity index (χ0n) is 11.6. The lowest BCUT2D eigenvalue weighted by Crippen LogP contribution is -2.21. The van der Waals surface area contributed by atoms with E-state index in [0.29, 0.717) is 6.07 Å². The summed E-state index contributed by atoms with van der Waals surface area (Å²) in [5.74, 6) is -1.42. The van der Waals surface area contributed by atoms with Gasteiger partial charge in [-0.1, -0.05) is 35.5 Å². The zero-order valence-corrected chi connectivity index (χ0v) is 13.2. The average Bonchev–Trinajstić information content (AvgIpc) is 2.33. The molecule has 1 rings (SSSR count). The predicted molar refractivity (Wildman–Crippen MR) is 71.9 cm³/mol. The van der Waals surface area contributed by atoms with E-state index in [1.165, 1.54) is 0 Å². The molecule has 0 aliphatic carbocycles. The van der Waals surface area contributed by atoms with Gasteiger partial charge in [-0.3, -0.25) is 0 Å². The summed E-state index contributed by atoms with van der Waals surface area (Å²) in [7, 11) is 0. The molecule has 0 aliphatic heterocycles. The highest BCUT2D eigenvalue weighted by molar-refractivity contribution is 9.09. The molecule has 1 unspecified atom stereocenters. The fourth-order valence-corrected chi connectivity index (χ4v) is 1.74. The van der Waals surface area contributed by atoms with E-state index in [-0.39, 0.29) is 23.4 Å². The molecule has 126 valence electrons. The molecule has 0 radical (unpaired) electrons. The van der Waals surface area contributed by atoms with Crippen molar-refractivity contribution in [1.82, 2.24) is 0 Å². The number of halogens is 7.